The van der Waals surface area contributed by atoms with Crippen LogP contribution in [0, 0.1) is 5.82 Å². The molecule has 0 atom stereocenters. The molecule has 0 spiro atoms. The SMILES string of the molecule is CCC(C)(C)c1nccc2c(F)cccc12. The summed E-state index contributed by atoms with van der Waals surface area (Å²) in [7, 11) is 0. The van der Waals surface area contributed by atoms with E-state index in [1.165, 1.54) is 6.07 Å². The second kappa shape index (κ2) is 3.85. The first-order valence-electron chi connectivity index (χ1n) is 5.60. The third-order valence-electron chi connectivity index (χ3n) is 3.28. The van der Waals surface area contributed by atoms with Gasteiger partial charge in [0.05, 0.1) is 5.69 Å². The van der Waals surface area contributed by atoms with E-state index in [9.17, 15) is 4.39 Å². The molecule has 16 heavy (non-hydrogen) atoms. The highest BCUT2D eigenvalue weighted by Gasteiger charge is 2.22. The van der Waals surface area contributed by atoms with Crippen LogP contribution in [-0.4, -0.2) is 4.98 Å². The van der Waals surface area contributed by atoms with Gasteiger partial charge in [-0.25, -0.2) is 4.39 Å². The van der Waals surface area contributed by atoms with E-state index in [4.69, 9.17) is 0 Å². The number of benzene rings is 1. The van der Waals surface area contributed by atoms with Crippen molar-refractivity contribution in [2.24, 2.45) is 0 Å². The number of pyridine rings is 1. The van der Waals surface area contributed by atoms with Crippen molar-refractivity contribution in [1.29, 1.82) is 0 Å². The predicted molar refractivity (Wildman–Crippen MR) is 65.0 cm³/mol. The molecule has 0 aliphatic rings. The van der Waals surface area contributed by atoms with Crippen molar-refractivity contribution in [3.05, 3.63) is 42.0 Å². The molecule has 0 saturated heterocycles. The number of nitrogens with zero attached hydrogens (tertiary/aromatic N) is 1. The Morgan fingerprint density at radius 1 is 1.19 bits per heavy atom. The lowest BCUT2D eigenvalue weighted by molar-refractivity contribution is 0.495. The zero-order valence-electron chi connectivity index (χ0n) is 9.92. The molecule has 1 heterocycles. The normalized spacial score (nSPS) is 12.0. The Hall–Kier alpha value is -1.44. The van der Waals surface area contributed by atoms with Crippen LogP contribution in [0.15, 0.2) is 30.5 Å². The van der Waals surface area contributed by atoms with Gasteiger partial charge in [-0.3, -0.25) is 4.98 Å². The van der Waals surface area contributed by atoms with Crippen LogP contribution < -0.4 is 0 Å². The van der Waals surface area contributed by atoms with E-state index < -0.39 is 0 Å². The smallest absolute Gasteiger partial charge is 0.131 e. The molecule has 0 radical (unpaired) electrons. The second-order valence-electron chi connectivity index (χ2n) is 4.73. The van der Waals surface area contributed by atoms with Gasteiger partial charge in [-0.05, 0) is 18.6 Å². The lowest BCUT2D eigenvalue weighted by Gasteiger charge is -2.23. The molecule has 0 saturated carbocycles. The third kappa shape index (κ3) is 1.69. The van der Waals surface area contributed by atoms with Crippen molar-refractivity contribution in [2.75, 3.05) is 0 Å². The van der Waals surface area contributed by atoms with Crippen LogP contribution in [0.4, 0.5) is 4.39 Å². The van der Waals surface area contributed by atoms with Crippen LogP contribution in [0.3, 0.4) is 0 Å². The molecular weight excluding hydrogens is 201 g/mol. The van der Waals surface area contributed by atoms with Gasteiger partial charge in [-0.2, -0.15) is 0 Å². The van der Waals surface area contributed by atoms with Crippen molar-refractivity contribution < 1.29 is 4.39 Å². The van der Waals surface area contributed by atoms with Gasteiger partial charge in [-0.15, -0.1) is 0 Å². The summed E-state index contributed by atoms with van der Waals surface area (Å²) in [4.78, 5) is 4.42. The highest BCUT2D eigenvalue weighted by atomic mass is 19.1. The quantitative estimate of drug-likeness (QED) is 0.739. The van der Waals surface area contributed by atoms with Crippen molar-refractivity contribution in [2.45, 2.75) is 32.6 Å². The summed E-state index contributed by atoms with van der Waals surface area (Å²) in [6.07, 6.45) is 2.67. The molecule has 2 aromatic rings. The van der Waals surface area contributed by atoms with Gasteiger partial charge in [0.1, 0.15) is 5.82 Å². The minimum Gasteiger partial charge on any atom is -0.260 e. The van der Waals surface area contributed by atoms with Gasteiger partial charge >= 0.3 is 0 Å². The monoisotopic (exact) mass is 217 g/mol. The number of rotatable bonds is 2. The van der Waals surface area contributed by atoms with Crippen LogP contribution in [0.25, 0.3) is 10.8 Å². The number of halogens is 1. The zero-order chi connectivity index (χ0) is 11.8. The molecule has 0 fully saturated rings. The molecule has 0 unspecified atom stereocenters. The summed E-state index contributed by atoms with van der Waals surface area (Å²) in [6.45, 7) is 6.40. The number of fused-ring (bicyclic) bond motifs is 1. The standard InChI is InChI=1S/C14H16FN/c1-4-14(2,3)13-11-6-5-7-12(15)10(11)8-9-16-13/h5-9H,4H2,1-3H3. The van der Waals surface area contributed by atoms with Gasteiger partial charge in [0, 0.05) is 22.4 Å². The highest BCUT2D eigenvalue weighted by molar-refractivity contribution is 5.85. The second-order valence-corrected chi connectivity index (χ2v) is 4.73. The van der Waals surface area contributed by atoms with Crippen LogP contribution in [0.5, 0.6) is 0 Å². The zero-order valence-corrected chi connectivity index (χ0v) is 9.92. The number of hydrogen-bond donors (Lipinski definition) is 0. The van der Waals surface area contributed by atoms with E-state index in [1.807, 2.05) is 6.07 Å². The third-order valence-corrected chi connectivity index (χ3v) is 3.28. The Morgan fingerprint density at radius 3 is 2.62 bits per heavy atom. The van der Waals surface area contributed by atoms with Crippen LogP contribution >= 0.6 is 0 Å². The maximum absolute atomic E-state index is 13.6. The topological polar surface area (TPSA) is 12.9 Å². The first-order valence-corrected chi connectivity index (χ1v) is 5.60. The van der Waals surface area contributed by atoms with Gasteiger partial charge in [0.25, 0.3) is 0 Å². The van der Waals surface area contributed by atoms with Crippen molar-refractivity contribution >= 4 is 10.8 Å². The van der Waals surface area contributed by atoms with Crippen LogP contribution in [0.2, 0.25) is 0 Å². The van der Waals surface area contributed by atoms with E-state index in [1.54, 1.807) is 18.3 Å². The molecule has 1 aromatic carbocycles. The first-order chi connectivity index (χ1) is 7.56. The fraction of sp³-hybridized carbons (Fsp3) is 0.357. The van der Waals surface area contributed by atoms with E-state index in [-0.39, 0.29) is 11.2 Å². The fourth-order valence-electron chi connectivity index (χ4n) is 1.88. The Labute approximate surface area is 95.3 Å². The molecule has 84 valence electrons. The number of aromatic nitrogens is 1. The summed E-state index contributed by atoms with van der Waals surface area (Å²) in [5, 5.41) is 1.59. The summed E-state index contributed by atoms with van der Waals surface area (Å²) >= 11 is 0. The Kier molecular flexibility index (Phi) is 2.66. The summed E-state index contributed by atoms with van der Waals surface area (Å²) in [5.74, 6) is -0.173. The van der Waals surface area contributed by atoms with Crippen molar-refractivity contribution in [1.82, 2.24) is 4.98 Å². The lowest BCUT2D eigenvalue weighted by Crippen LogP contribution is -2.17. The lowest BCUT2D eigenvalue weighted by atomic mass is 9.83. The van der Waals surface area contributed by atoms with Gasteiger partial charge in [0.2, 0.25) is 0 Å². The van der Waals surface area contributed by atoms with Crippen molar-refractivity contribution in [3.63, 3.8) is 0 Å². The molecule has 2 heteroatoms. The van der Waals surface area contributed by atoms with E-state index >= 15 is 0 Å². The summed E-state index contributed by atoms with van der Waals surface area (Å²) in [6, 6.07) is 6.91. The molecule has 0 N–H and O–H groups in total. The molecule has 0 aliphatic heterocycles. The molecule has 0 amide bonds. The Balaban J connectivity index is 2.77. The summed E-state index contributed by atoms with van der Waals surface area (Å²) < 4.78 is 13.6. The van der Waals surface area contributed by atoms with Crippen molar-refractivity contribution in [3.8, 4) is 0 Å². The van der Waals surface area contributed by atoms with Gasteiger partial charge in [-0.1, -0.05) is 32.9 Å². The fourth-order valence-corrected chi connectivity index (χ4v) is 1.88. The highest BCUT2D eigenvalue weighted by Crippen LogP contribution is 2.31. The predicted octanol–water partition coefficient (Wildman–Crippen LogP) is 4.06. The number of hydrogen-bond acceptors (Lipinski definition) is 1. The molecule has 0 aliphatic carbocycles. The Morgan fingerprint density at radius 2 is 1.94 bits per heavy atom. The molecule has 2 rings (SSSR count). The first kappa shape index (κ1) is 11.1. The maximum Gasteiger partial charge on any atom is 0.131 e. The minimum atomic E-state index is -0.173. The van der Waals surface area contributed by atoms with E-state index in [2.05, 4.69) is 25.8 Å². The van der Waals surface area contributed by atoms with Gasteiger partial charge in [0.15, 0.2) is 0 Å². The molecule has 1 nitrogen and oxygen atoms in total. The van der Waals surface area contributed by atoms with Crippen LogP contribution in [0.1, 0.15) is 32.9 Å². The summed E-state index contributed by atoms with van der Waals surface area (Å²) in [5.41, 5.74) is 0.958. The van der Waals surface area contributed by atoms with Crippen LogP contribution in [-0.2, 0) is 5.41 Å². The molecular formula is C14H16FN. The molecule has 0 bridgehead atoms. The average molecular weight is 217 g/mol. The van der Waals surface area contributed by atoms with Gasteiger partial charge < -0.3 is 0 Å². The molecule has 1 aromatic heterocycles. The minimum absolute atomic E-state index is 0.0205. The Bertz CT molecular complexity index is 517. The average Bonchev–Trinajstić information content (AvgIpc) is 2.29. The van der Waals surface area contributed by atoms with E-state index in [0.717, 1.165) is 17.5 Å². The largest absolute Gasteiger partial charge is 0.260 e. The van der Waals surface area contributed by atoms with E-state index in [0.29, 0.717) is 5.39 Å². The maximum atomic E-state index is 13.6.